The molecular weight excluding hydrogens is 520 g/mol. The molecule has 1 heterocycles. The van der Waals surface area contributed by atoms with Crippen LogP contribution in [0.2, 0.25) is 5.02 Å². The molecule has 8 heteroatoms. The molecule has 0 saturated carbocycles. The third kappa shape index (κ3) is 5.18. The zero-order valence-corrected chi connectivity index (χ0v) is 21.9. The first-order chi connectivity index (χ1) is 18.6. The zero-order valence-electron chi connectivity index (χ0n) is 21.1. The number of benzene rings is 4. The van der Waals surface area contributed by atoms with Crippen molar-refractivity contribution in [3.8, 4) is 34.5 Å². The fourth-order valence-electron chi connectivity index (χ4n) is 4.98. The fraction of sp³-hybridized carbons (Fsp3) is 0.194. The van der Waals surface area contributed by atoms with Crippen LogP contribution in [-0.4, -0.2) is 37.4 Å². The van der Waals surface area contributed by atoms with Gasteiger partial charge in [-0.15, -0.1) is 0 Å². The molecule has 0 amide bonds. The first-order valence-electron chi connectivity index (χ1n) is 12.5. The number of phenolic OH excluding ortho intramolecular Hbond substituents is 5. The van der Waals surface area contributed by atoms with E-state index in [0.29, 0.717) is 28.1 Å². The summed E-state index contributed by atoms with van der Waals surface area (Å²) in [5, 5.41) is 54.2. The van der Waals surface area contributed by atoms with Crippen LogP contribution in [0.15, 0.2) is 60.7 Å². The Morgan fingerprint density at radius 2 is 1.41 bits per heavy atom. The van der Waals surface area contributed by atoms with Crippen LogP contribution in [0, 0.1) is 0 Å². The number of Topliss-reactive ketones (excluding diaryl/α,β-unsaturated/α-hetero) is 1. The van der Waals surface area contributed by atoms with Crippen LogP contribution in [0.25, 0.3) is 0 Å². The lowest BCUT2D eigenvalue weighted by atomic mass is 9.88. The largest absolute Gasteiger partial charge is 0.508 e. The van der Waals surface area contributed by atoms with Crippen molar-refractivity contribution in [2.75, 3.05) is 0 Å². The molecular formula is C31H27ClO7. The number of halogens is 1. The minimum atomic E-state index is -0.475. The van der Waals surface area contributed by atoms with E-state index in [1.165, 1.54) is 18.2 Å². The average Bonchev–Trinajstić information content (AvgIpc) is 2.89. The number of fused-ring (bicyclic) bond motifs is 1. The summed E-state index contributed by atoms with van der Waals surface area (Å²) in [5.74, 6) is -0.948. The Kier molecular flexibility index (Phi) is 7.02. The maximum absolute atomic E-state index is 13.0. The van der Waals surface area contributed by atoms with Gasteiger partial charge in [-0.3, -0.25) is 4.79 Å². The number of phenols is 5. The number of carbonyl (C=O) groups is 1. The van der Waals surface area contributed by atoms with Gasteiger partial charge in [-0.25, -0.2) is 0 Å². The van der Waals surface area contributed by atoms with Gasteiger partial charge in [-0.1, -0.05) is 41.9 Å². The van der Waals surface area contributed by atoms with E-state index in [-0.39, 0.29) is 70.5 Å². The van der Waals surface area contributed by atoms with Crippen molar-refractivity contribution in [3.05, 3.63) is 105 Å². The molecule has 0 aromatic heterocycles. The molecule has 5 rings (SSSR count). The summed E-state index contributed by atoms with van der Waals surface area (Å²) >= 11 is 6.13. The van der Waals surface area contributed by atoms with Crippen LogP contribution in [0.1, 0.15) is 57.1 Å². The molecule has 0 bridgehead atoms. The maximum Gasteiger partial charge on any atom is 0.174 e. The summed E-state index contributed by atoms with van der Waals surface area (Å²) in [7, 11) is 0. The van der Waals surface area contributed by atoms with Gasteiger partial charge in [0.2, 0.25) is 0 Å². The topological polar surface area (TPSA) is 127 Å². The van der Waals surface area contributed by atoms with E-state index >= 15 is 0 Å². The van der Waals surface area contributed by atoms with E-state index in [4.69, 9.17) is 16.3 Å². The Morgan fingerprint density at radius 1 is 0.769 bits per heavy atom. The highest BCUT2D eigenvalue weighted by atomic mass is 35.5. The van der Waals surface area contributed by atoms with Gasteiger partial charge < -0.3 is 30.3 Å². The number of ether oxygens (including phenoxy) is 1. The van der Waals surface area contributed by atoms with Crippen molar-refractivity contribution < 1.29 is 35.1 Å². The van der Waals surface area contributed by atoms with Crippen LogP contribution < -0.4 is 4.74 Å². The van der Waals surface area contributed by atoms with Gasteiger partial charge in [-0.05, 0) is 59.5 Å². The molecule has 4 aromatic carbocycles. The molecule has 0 radical (unpaired) electrons. The van der Waals surface area contributed by atoms with Gasteiger partial charge in [-0.2, -0.15) is 0 Å². The Bertz CT molecular complexity index is 1590. The van der Waals surface area contributed by atoms with Crippen molar-refractivity contribution in [1.82, 2.24) is 0 Å². The number of carbonyl (C=O) groups excluding carboxylic acids is 1. The summed E-state index contributed by atoms with van der Waals surface area (Å²) in [4.78, 5) is 13.0. The second-order valence-corrected chi connectivity index (χ2v) is 10.2. The molecule has 1 aliphatic heterocycles. The van der Waals surface area contributed by atoms with E-state index in [0.717, 1.165) is 5.56 Å². The minimum Gasteiger partial charge on any atom is -0.508 e. The third-order valence-corrected chi connectivity index (χ3v) is 7.21. The molecule has 0 saturated heterocycles. The molecule has 200 valence electrons. The van der Waals surface area contributed by atoms with E-state index in [1.807, 2.05) is 6.07 Å². The second kappa shape index (κ2) is 10.4. The van der Waals surface area contributed by atoms with Gasteiger partial charge in [0.25, 0.3) is 0 Å². The minimum absolute atomic E-state index is 0.0207. The quantitative estimate of drug-likeness (QED) is 0.201. The Labute approximate surface area is 230 Å². The summed E-state index contributed by atoms with van der Waals surface area (Å²) in [6.07, 6.45) is -0.147. The molecule has 7 nitrogen and oxygen atoms in total. The standard InChI is InChI=1S/C31H27ClO7/c1-16-10-27(36)28-30(38)22(29(37)23(31(28)39-16)15-20-13-21(32)7-9-26(20)35)14-19-12-17(6-8-25(19)34)11-18-4-2-3-5-24(18)33/h2-9,12-13,16,33-35,37-38H,10-11,14-15H2,1H3. The number of aromatic hydroxyl groups is 5. The highest BCUT2D eigenvalue weighted by Gasteiger charge is 2.34. The van der Waals surface area contributed by atoms with Crippen molar-refractivity contribution in [2.24, 2.45) is 0 Å². The third-order valence-electron chi connectivity index (χ3n) is 6.97. The van der Waals surface area contributed by atoms with Crippen LogP contribution >= 0.6 is 11.6 Å². The van der Waals surface area contributed by atoms with Gasteiger partial charge in [0, 0.05) is 41.8 Å². The number of rotatable bonds is 6. The number of ketones is 1. The molecule has 1 atom stereocenters. The zero-order chi connectivity index (χ0) is 27.8. The van der Waals surface area contributed by atoms with Crippen LogP contribution in [-0.2, 0) is 19.3 Å². The summed E-state index contributed by atoms with van der Waals surface area (Å²) in [6, 6.07) is 16.4. The number of para-hydroxylation sites is 1. The molecule has 0 aliphatic carbocycles. The Hall–Kier alpha value is -4.36. The summed E-state index contributed by atoms with van der Waals surface area (Å²) < 4.78 is 5.93. The lowest BCUT2D eigenvalue weighted by Gasteiger charge is -2.28. The van der Waals surface area contributed by atoms with Crippen LogP contribution in [0.3, 0.4) is 0 Å². The number of hydrogen-bond acceptors (Lipinski definition) is 7. The molecule has 1 aliphatic rings. The van der Waals surface area contributed by atoms with Crippen molar-refractivity contribution in [3.63, 3.8) is 0 Å². The predicted molar refractivity (Wildman–Crippen MR) is 147 cm³/mol. The van der Waals surface area contributed by atoms with Gasteiger partial charge >= 0.3 is 0 Å². The SMILES string of the molecule is CC1CC(=O)c2c(O)c(Cc3cc(Cc4ccccc4O)ccc3O)c(O)c(Cc3cc(Cl)ccc3O)c2O1. The van der Waals surface area contributed by atoms with Crippen molar-refractivity contribution >= 4 is 17.4 Å². The van der Waals surface area contributed by atoms with E-state index in [1.54, 1.807) is 43.3 Å². The van der Waals surface area contributed by atoms with E-state index < -0.39 is 11.9 Å². The molecule has 39 heavy (non-hydrogen) atoms. The fourth-order valence-corrected chi connectivity index (χ4v) is 5.18. The van der Waals surface area contributed by atoms with Crippen molar-refractivity contribution in [2.45, 2.75) is 38.7 Å². The second-order valence-electron chi connectivity index (χ2n) is 9.81. The summed E-state index contributed by atoms with van der Waals surface area (Å²) in [6.45, 7) is 1.72. The molecule has 0 fully saturated rings. The Morgan fingerprint density at radius 3 is 2.15 bits per heavy atom. The number of hydrogen-bond donors (Lipinski definition) is 5. The first kappa shape index (κ1) is 26.3. The average molecular weight is 547 g/mol. The lowest BCUT2D eigenvalue weighted by molar-refractivity contribution is 0.0863. The van der Waals surface area contributed by atoms with Gasteiger partial charge in [0.1, 0.15) is 46.2 Å². The van der Waals surface area contributed by atoms with E-state index in [9.17, 15) is 30.3 Å². The Balaban J connectivity index is 1.61. The van der Waals surface area contributed by atoms with Crippen LogP contribution in [0.4, 0.5) is 0 Å². The van der Waals surface area contributed by atoms with Crippen LogP contribution in [0.5, 0.6) is 34.5 Å². The smallest absolute Gasteiger partial charge is 0.174 e. The normalized spacial score (nSPS) is 14.6. The molecule has 1 unspecified atom stereocenters. The predicted octanol–water partition coefficient (Wildman–Crippen LogP) is 5.99. The van der Waals surface area contributed by atoms with E-state index in [2.05, 4.69) is 0 Å². The summed E-state index contributed by atoms with van der Waals surface area (Å²) in [5.41, 5.74) is 2.53. The molecule has 5 N–H and O–H groups in total. The molecule has 4 aromatic rings. The molecule has 0 spiro atoms. The highest BCUT2D eigenvalue weighted by molar-refractivity contribution is 6.30. The first-order valence-corrected chi connectivity index (χ1v) is 12.8. The lowest BCUT2D eigenvalue weighted by Crippen LogP contribution is -2.25. The monoisotopic (exact) mass is 546 g/mol. The maximum atomic E-state index is 13.0. The highest BCUT2D eigenvalue weighted by Crippen LogP contribution is 2.48. The van der Waals surface area contributed by atoms with Crippen molar-refractivity contribution in [1.29, 1.82) is 0 Å². The van der Waals surface area contributed by atoms with Gasteiger partial charge in [0.05, 0.1) is 0 Å². The van der Waals surface area contributed by atoms with Gasteiger partial charge in [0.15, 0.2) is 5.78 Å².